The first-order chi connectivity index (χ1) is 11.6. The van der Waals surface area contributed by atoms with E-state index in [1.54, 1.807) is 18.3 Å². The summed E-state index contributed by atoms with van der Waals surface area (Å²) in [5, 5.41) is 10.00. The van der Waals surface area contributed by atoms with Gasteiger partial charge in [0.25, 0.3) is 5.91 Å². The van der Waals surface area contributed by atoms with E-state index in [4.69, 9.17) is 10.00 Å². The number of thiazole rings is 1. The van der Waals surface area contributed by atoms with Gasteiger partial charge in [-0.15, -0.1) is 11.3 Å². The van der Waals surface area contributed by atoms with E-state index in [0.717, 1.165) is 28.4 Å². The van der Waals surface area contributed by atoms with Crippen LogP contribution in [0.1, 0.15) is 38.8 Å². The Morgan fingerprint density at radius 1 is 1.42 bits per heavy atom. The van der Waals surface area contributed by atoms with Crippen molar-refractivity contribution in [3.05, 3.63) is 39.5 Å². The summed E-state index contributed by atoms with van der Waals surface area (Å²) in [6.07, 6.45) is 3.04. The van der Waals surface area contributed by atoms with E-state index in [2.05, 4.69) is 16.0 Å². The highest BCUT2D eigenvalue weighted by atomic mass is 32.1. The van der Waals surface area contributed by atoms with Gasteiger partial charge in [-0.2, -0.15) is 5.26 Å². The van der Waals surface area contributed by atoms with Crippen molar-refractivity contribution in [1.82, 2.24) is 14.9 Å². The number of hydrogen-bond acceptors (Lipinski definition) is 6. The number of hydrogen-bond donors (Lipinski definition) is 0. The fourth-order valence-electron chi connectivity index (χ4n) is 2.78. The molecule has 1 aliphatic heterocycles. The van der Waals surface area contributed by atoms with Crippen LogP contribution in [0.2, 0.25) is 0 Å². The van der Waals surface area contributed by atoms with E-state index < -0.39 is 0 Å². The number of likely N-dealkylation sites (tertiary alicyclic amines) is 1. The van der Waals surface area contributed by atoms with Crippen molar-refractivity contribution in [2.45, 2.75) is 32.8 Å². The minimum atomic E-state index is -0.0275. The topological polar surface area (TPSA) is 79.1 Å². The van der Waals surface area contributed by atoms with Crippen molar-refractivity contribution in [2.24, 2.45) is 0 Å². The second kappa shape index (κ2) is 6.97. The molecule has 1 saturated heterocycles. The van der Waals surface area contributed by atoms with Crippen LogP contribution in [0.15, 0.2) is 18.3 Å². The molecule has 1 amide bonds. The Kier molecular flexibility index (Phi) is 4.76. The zero-order valence-electron chi connectivity index (χ0n) is 13.7. The highest BCUT2D eigenvalue weighted by Gasteiger charge is 2.27. The van der Waals surface area contributed by atoms with Crippen molar-refractivity contribution in [1.29, 1.82) is 5.26 Å². The molecule has 1 aliphatic rings. The van der Waals surface area contributed by atoms with Gasteiger partial charge in [-0.25, -0.2) is 9.97 Å². The van der Waals surface area contributed by atoms with Crippen LogP contribution in [0, 0.1) is 25.2 Å². The van der Waals surface area contributed by atoms with Gasteiger partial charge in [0.1, 0.15) is 22.6 Å². The number of nitriles is 1. The summed E-state index contributed by atoms with van der Waals surface area (Å²) in [6.45, 7) is 5.05. The van der Waals surface area contributed by atoms with E-state index in [-0.39, 0.29) is 12.0 Å². The van der Waals surface area contributed by atoms with Crippen LogP contribution < -0.4 is 4.74 Å². The monoisotopic (exact) mass is 342 g/mol. The van der Waals surface area contributed by atoms with Crippen LogP contribution in [0.25, 0.3) is 0 Å². The molecule has 1 fully saturated rings. The molecule has 0 radical (unpaired) electrons. The largest absolute Gasteiger partial charge is 0.473 e. The maximum absolute atomic E-state index is 12.6. The van der Waals surface area contributed by atoms with Crippen LogP contribution in [0.3, 0.4) is 0 Å². The summed E-state index contributed by atoms with van der Waals surface area (Å²) in [7, 11) is 0. The number of nitrogens with zero attached hydrogens (tertiary/aromatic N) is 4. The summed E-state index contributed by atoms with van der Waals surface area (Å²) in [5.74, 6) is 0.422. The second-order valence-electron chi connectivity index (χ2n) is 5.72. The van der Waals surface area contributed by atoms with E-state index in [1.807, 2.05) is 18.7 Å². The molecule has 3 rings (SSSR count). The van der Waals surface area contributed by atoms with Crippen molar-refractivity contribution >= 4 is 17.2 Å². The third-order valence-electron chi connectivity index (χ3n) is 4.00. The number of carbonyl (C=O) groups excluding carboxylic acids is 1. The fraction of sp³-hybridized carbons (Fsp3) is 0.412. The number of carbonyl (C=O) groups is 1. The first kappa shape index (κ1) is 16.4. The lowest BCUT2D eigenvalue weighted by atomic mass is 10.1. The molecule has 0 N–H and O–H groups in total. The van der Waals surface area contributed by atoms with Gasteiger partial charge in [0.05, 0.1) is 10.7 Å². The first-order valence-electron chi connectivity index (χ1n) is 7.83. The Morgan fingerprint density at radius 2 is 2.17 bits per heavy atom. The van der Waals surface area contributed by atoms with Gasteiger partial charge >= 0.3 is 0 Å². The third kappa shape index (κ3) is 3.39. The van der Waals surface area contributed by atoms with Gasteiger partial charge in [0, 0.05) is 32.1 Å². The number of ether oxygens (including phenoxy) is 1. The van der Waals surface area contributed by atoms with Crippen molar-refractivity contribution in [3.8, 4) is 11.9 Å². The zero-order valence-corrected chi connectivity index (χ0v) is 14.5. The number of amides is 1. The molecule has 2 aromatic rings. The minimum absolute atomic E-state index is 0.0275. The van der Waals surface area contributed by atoms with Crippen molar-refractivity contribution in [3.63, 3.8) is 0 Å². The van der Waals surface area contributed by atoms with Crippen molar-refractivity contribution < 1.29 is 9.53 Å². The van der Waals surface area contributed by atoms with Crippen LogP contribution in [-0.4, -0.2) is 40.0 Å². The average molecular weight is 342 g/mol. The third-order valence-corrected chi connectivity index (χ3v) is 5.06. The van der Waals surface area contributed by atoms with Crippen LogP contribution in [-0.2, 0) is 0 Å². The first-order valence-corrected chi connectivity index (χ1v) is 8.65. The predicted molar refractivity (Wildman–Crippen MR) is 90.1 cm³/mol. The number of aryl methyl sites for hydroxylation is 2. The Morgan fingerprint density at radius 3 is 2.79 bits per heavy atom. The smallest absolute Gasteiger partial charge is 0.265 e. The highest BCUT2D eigenvalue weighted by Crippen LogP contribution is 2.24. The number of rotatable bonds is 3. The SMILES string of the molecule is Cc1nc(C)c(C(=O)N2CCC(Oc3ncccc3C#N)CC2)s1. The Balaban J connectivity index is 1.61. The number of piperidine rings is 1. The Bertz CT molecular complexity index is 788. The van der Waals surface area contributed by atoms with Gasteiger partial charge in [-0.05, 0) is 26.0 Å². The van der Waals surface area contributed by atoms with Crippen molar-refractivity contribution in [2.75, 3.05) is 13.1 Å². The quantitative estimate of drug-likeness (QED) is 0.857. The molecule has 0 unspecified atom stereocenters. The Hall–Kier alpha value is -2.46. The van der Waals surface area contributed by atoms with E-state index in [1.165, 1.54) is 11.3 Å². The molecule has 2 aromatic heterocycles. The lowest BCUT2D eigenvalue weighted by Crippen LogP contribution is -2.41. The van der Waals surface area contributed by atoms with Gasteiger partial charge in [0.2, 0.25) is 5.88 Å². The predicted octanol–water partition coefficient (Wildman–Crippen LogP) is 2.71. The molecule has 3 heterocycles. The molecule has 24 heavy (non-hydrogen) atoms. The molecule has 0 saturated carbocycles. The normalized spacial score (nSPS) is 15.1. The summed E-state index contributed by atoms with van der Waals surface area (Å²) < 4.78 is 5.86. The highest BCUT2D eigenvalue weighted by molar-refractivity contribution is 7.13. The maximum atomic E-state index is 12.6. The summed E-state index contributed by atoms with van der Waals surface area (Å²) in [6, 6.07) is 5.49. The number of pyridine rings is 1. The zero-order chi connectivity index (χ0) is 17.1. The fourth-order valence-corrected chi connectivity index (χ4v) is 3.67. The lowest BCUT2D eigenvalue weighted by molar-refractivity contribution is 0.0591. The summed E-state index contributed by atoms with van der Waals surface area (Å²) >= 11 is 1.44. The van der Waals surface area contributed by atoms with Crippen LogP contribution in [0.5, 0.6) is 5.88 Å². The average Bonchev–Trinajstić information content (AvgIpc) is 2.94. The van der Waals surface area contributed by atoms with E-state index in [9.17, 15) is 4.79 Å². The molecule has 0 aliphatic carbocycles. The standard InChI is InChI=1S/C17H18N4O2S/c1-11-15(24-12(2)20-11)17(22)21-8-5-14(6-9-21)23-16-13(10-18)4-3-7-19-16/h3-4,7,14H,5-6,8-9H2,1-2H3. The molecule has 7 heteroatoms. The van der Waals surface area contributed by atoms with Gasteiger partial charge < -0.3 is 9.64 Å². The van der Waals surface area contributed by atoms with Gasteiger partial charge in [0.15, 0.2) is 0 Å². The number of aromatic nitrogens is 2. The maximum Gasteiger partial charge on any atom is 0.265 e. The second-order valence-corrected chi connectivity index (χ2v) is 6.93. The molecule has 0 atom stereocenters. The Labute approximate surface area is 144 Å². The molecular weight excluding hydrogens is 324 g/mol. The molecule has 124 valence electrons. The summed E-state index contributed by atoms with van der Waals surface area (Å²) in [4.78, 5) is 23.6. The van der Waals surface area contributed by atoms with E-state index in [0.29, 0.717) is 24.5 Å². The van der Waals surface area contributed by atoms with Gasteiger partial charge in [-0.3, -0.25) is 4.79 Å². The lowest BCUT2D eigenvalue weighted by Gasteiger charge is -2.31. The van der Waals surface area contributed by atoms with Crippen LogP contribution >= 0.6 is 11.3 Å². The molecule has 0 spiro atoms. The minimum Gasteiger partial charge on any atom is -0.473 e. The van der Waals surface area contributed by atoms with Gasteiger partial charge in [-0.1, -0.05) is 0 Å². The molecule has 6 nitrogen and oxygen atoms in total. The molecular formula is C17H18N4O2S. The van der Waals surface area contributed by atoms with E-state index >= 15 is 0 Å². The van der Waals surface area contributed by atoms with Crippen LogP contribution in [0.4, 0.5) is 0 Å². The molecule has 0 aromatic carbocycles. The molecule has 0 bridgehead atoms. The summed E-state index contributed by atoms with van der Waals surface area (Å²) in [5.41, 5.74) is 1.24.